The number of hydrogen-bond donors (Lipinski definition) is 1. The van der Waals surface area contributed by atoms with Crippen molar-refractivity contribution in [3.63, 3.8) is 0 Å². The van der Waals surface area contributed by atoms with Crippen LogP contribution in [0.3, 0.4) is 0 Å². The van der Waals surface area contributed by atoms with Crippen LogP contribution in [0.15, 0.2) is 30.6 Å². The lowest BCUT2D eigenvalue weighted by atomic mass is 9.84. The Morgan fingerprint density at radius 2 is 1.86 bits per heavy atom. The molecule has 36 heavy (non-hydrogen) atoms. The molecule has 7 heteroatoms. The summed E-state index contributed by atoms with van der Waals surface area (Å²) >= 11 is 0. The van der Waals surface area contributed by atoms with Crippen molar-refractivity contribution >= 4 is 16.7 Å². The number of esters is 1. The Kier molecular flexibility index (Phi) is 5.01. The van der Waals surface area contributed by atoms with Gasteiger partial charge in [-0.15, -0.1) is 0 Å². The molecule has 3 aromatic rings. The van der Waals surface area contributed by atoms with Crippen molar-refractivity contribution in [3.8, 4) is 5.88 Å². The number of nitrogens with two attached hydrogens (primary N) is 1. The second-order valence-corrected chi connectivity index (χ2v) is 11.9. The van der Waals surface area contributed by atoms with Gasteiger partial charge in [-0.25, -0.2) is 9.78 Å². The normalized spacial score (nSPS) is 23.5. The smallest absolute Gasteiger partial charge is 0.340 e. The molecule has 0 saturated heterocycles. The molecule has 2 fully saturated rings. The standard InChI is InChI=1S/C29H34N4O3/c1-16-24-20(26(34)36-27(16,2)3)9-8-18(33-24)12-19-13-21-22(14-31-19)25(35-28(4)10-11-28)32-15-23(21)29(5,30)17-6-7-17/h8-9,13-17H,6-7,10-12,30H2,1-5H3/t16-,29+/m1/s1. The number of cyclic esters (lactones) is 1. The van der Waals surface area contributed by atoms with E-state index in [9.17, 15) is 4.79 Å². The predicted octanol–water partition coefficient (Wildman–Crippen LogP) is 5.18. The van der Waals surface area contributed by atoms with Crippen LogP contribution in [0.2, 0.25) is 0 Å². The van der Waals surface area contributed by atoms with Crippen LogP contribution in [0.4, 0.5) is 0 Å². The monoisotopic (exact) mass is 486 g/mol. The fourth-order valence-electron chi connectivity index (χ4n) is 5.19. The van der Waals surface area contributed by atoms with Gasteiger partial charge in [-0.2, -0.15) is 0 Å². The van der Waals surface area contributed by atoms with Crippen LogP contribution in [-0.2, 0) is 16.7 Å². The van der Waals surface area contributed by atoms with Gasteiger partial charge in [0.25, 0.3) is 0 Å². The molecule has 3 aromatic heterocycles. The third kappa shape index (κ3) is 3.94. The SMILES string of the molecule is C[C@@H]1c2nc(Cc3cc4c([C@@](C)(N)C5CC5)cnc(OC5(C)CC5)c4cn3)ccc2C(=O)OC1(C)C. The van der Waals surface area contributed by atoms with Gasteiger partial charge in [-0.05, 0) is 88.4 Å². The van der Waals surface area contributed by atoms with E-state index in [1.54, 1.807) is 0 Å². The number of hydrogen-bond acceptors (Lipinski definition) is 7. The van der Waals surface area contributed by atoms with E-state index >= 15 is 0 Å². The van der Waals surface area contributed by atoms with Gasteiger partial charge in [-0.3, -0.25) is 9.97 Å². The Hall–Kier alpha value is -3.06. The Morgan fingerprint density at radius 1 is 1.11 bits per heavy atom. The van der Waals surface area contributed by atoms with Crippen molar-refractivity contribution in [2.45, 2.75) is 89.4 Å². The van der Waals surface area contributed by atoms with Crippen LogP contribution >= 0.6 is 0 Å². The zero-order valence-corrected chi connectivity index (χ0v) is 21.7. The summed E-state index contributed by atoms with van der Waals surface area (Å²) in [6, 6.07) is 5.84. The molecule has 6 rings (SSSR count). The summed E-state index contributed by atoms with van der Waals surface area (Å²) in [6.07, 6.45) is 8.66. The Morgan fingerprint density at radius 3 is 2.56 bits per heavy atom. The molecule has 2 N–H and O–H groups in total. The van der Waals surface area contributed by atoms with E-state index in [4.69, 9.17) is 30.2 Å². The lowest BCUT2D eigenvalue weighted by Gasteiger charge is -2.36. The molecule has 2 aliphatic carbocycles. The highest BCUT2D eigenvalue weighted by atomic mass is 16.6. The zero-order chi connectivity index (χ0) is 25.5. The summed E-state index contributed by atoms with van der Waals surface area (Å²) in [5.41, 5.74) is 9.81. The molecule has 0 spiro atoms. The first-order chi connectivity index (χ1) is 17.0. The zero-order valence-electron chi connectivity index (χ0n) is 21.7. The molecular weight excluding hydrogens is 452 g/mol. The van der Waals surface area contributed by atoms with Crippen LogP contribution in [0.25, 0.3) is 10.8 Å². The molecule has 2 atom stereocenters. The van der Waals surface area contributed by atoms with Crippen molar-refractivity contribution in [3.05, 3.63) is 58.8 Å². The van der Waals surface area contributed by atoms with Gasteiger partial charge >= 0.3 is 5.97 Å². The summed E-state index contributed by atoms with van der Waals surface area (Å²) in [5.74, 6) is 0.763. The highest BCUT2D eigenvalue weighted by Crippen LogP contribution is 2.47. The fourth-order valence-corrected chi connectivity index (χ4v) is 5.19. The van der Waals surface area contributed by atoms with Crippen molar-refractivity contribution in [2.75, 3.05) is 0 Å². The maximum Gasteiger partial charge on any atom is 0.340 e. The second-order valence-electron chi connectivity index (χ2n) is 11.9. The summed E-state index contributed by atoms with van der Waals surface area (Å²) in [4.78, 5) is 26.9. The molecular formula is C29H34N4O3. The van der Waals surface area contributed by atoms with Gasteiger partial charge in [0.15, 0.2) is 0 Å². The minimum Gasteiger partial charge on any atom is -0.471 e. The van der Waals surface area contributed by atoms with Gasteiger partial charge in [0.2, 0.25) is 5.88 Å². The van der Waals surface area contributed by atoms with E-state index in [1.165, 1.54) is 0 Å². The van der Waals surface area contributed by atoms with Crippen LogP contribution in [0.5, 0.6) is 5.88 Å². The van der Waals surface area contributed by atoms with Crippen LogP contribution < -0.4 is 10.5 Å². The highest BCUT2D eigenvalue weighted by Gasteiger charge is 2.43. The first-order valence-corrected chi connectivity index (χ1v) is 13.0. The molecule has 0 unspecified atom stereocenters. The first-order valence-electron chi connectivity index (χ1n) is 13.0. The molecule has 7 nitrogen and oxygen atoms in total. The number of rotatable bonds is 6. The third-order valence-electron chi connectivity index (χ3n) is 8.47. The van der Waals surface area contributed by atoms with Gasteiger partial charge in [0.1, 0.15) is 11.2 Å². The lowest BCUT2D eigenvalue weighted by Crippen LogP contribution is -2.39. The fraction of sp³-hybridized carbons (Fsp3) is 0.517. The molecule has 0 aromatic carbocycles. The van der Waals surface area contributed by atoms with Gasteiger partial charge < -0.3 is 15.2 Å². The number of nitrogens with zero attached hydrogens (tertiary/aromatic N) is 3. The minimum atomic E-state index is -0.595. The average Bonchev–Trinajstić information content (AvgIpc) is 3.74. The second kappa shape index (κ2) is 7.72. The van der Waals surface area contributed by atoms with E-state index < -0.39 is 11.1 Å². The number of carbonyl (C=O) groups is 1. The van der Waals surface area contributed by atoms with Gasteiger partial charge in [0.05, 0.1) is 16.6 Å². The quantitative estimate of drug-likeness (QED) is 0.479. The largest absolute Gasteiger partial charge is 0.471 e. The Labute approximate surface area is 211 Å². The minimum absolute atomic E-state index is 0.00706. The Balaban J connectivity index is 1.40. The maximum absolute atomic E-state index is 12.5. The molecule has 4 heterocycles. The van der Waals surface area contributed by atoms with Crippen LogP contribution in [0.1, 0.15) is 99.2 Å². The number of pyridine rings is 3. The van der Waals surface area contributed by atoms with E-state index in [0.717, 1.165) is 59.1 Å². The molecule has 3 aliphatic rings. The summed E-state index contributed by atoms with van der Waals surface area (Å²) in [7, 11) is 0. The predicted molar refractivity (Wildman–Crippen MR) is 137 cm³/mol. The summed E-state index contributed by atoms with van der Waals surface area (Å²) < 4.78 is 11.9. The topological polar surface area (TPSA) is 100 Å². The van der Waals surface area contributed by atoms with E-state index in [1.807, 2.05) is 38.4 Å². The van der Waals surface area contributed by atoms with Crippen molar-refractivity contribution in [2.24, 2.45) is 11.7 Å². The number of carbonyl (C=O) groups excluding carboxylic acids is 1. The molecule has 0 radical (unpaired) electrons. The van der Waals surface area contributed by atoms with Gasteiger partial charge in [-0.1, -0.05) is 6.92 Å². The van der Waals surface area contributed by atoms with Crippen LogP contribution in [-0.4, -0.2) is 32.1 Å². The maximum atomic E-state index is 12.5. The van der Waals surface area contributed by atoms with Gasteiger partial charge in [0, 0.05) is 41.7 Å². The lowest BCUT2D eigenvalue weighted by molar-refractivity contribution is -0.0190. The number of fused-ring (bicyclic) bond motifs is 2. The van der Waals surface area contributed by atoms with E-state index in [-0.39, 0.29) is 17.5 Å². The Bertz CT molecular complexity index is 1390. The molecule has 2 saturated carbocycles. The number of ether oxygens (including phenoxy) is 2. The summed E-state index contributed by atoms with van der Waals surface area (Å²) in [5, 5.41) is 1.94. The first kappa shape index (κ1) is 23.3. The average molecular weight is 487 g/mol. The van der Waals surface area contributed by atoms with Crippen LogP contribution in [0, 0.1) is 5.92 Å². The number of aromatic nitrogens is 3. The molecule has 188 valence electrons. The van der Waals surface area contributed by atoms with Crippen molar-refractivity contribution in [1.29, 1.82) is 0 Å². The molecule has 0 amide bonds. The third-order valence-corrected chi connectivity index (χ3v) is 8.47. The highest BCUT2D eigenvalue weighted by molar-refractivity contribution is 5.92. The van der Waals surface area contributed by atoms with Crippen molar-refractivity contribution in [1.82, 2.24) is 15.0 Å². The van der Waals surface area contributed by atoms with E-state index in [2.05, 4.69) is 26.8 Å². The molecule has 1 aliphatic heterocycles. The molecule has 0 bridgehead atoms. The van der Waals surface area contributed by atoms with E-state index in [0.29, 0.717) is 23.8 Å². The summed E-state index contributed by atoms with van der Waals surface area (Å²) in [6.45, 7) is 10.1. The van der Waals surface area contributed by atoms with Crippen molar-refractivity contribution < 1.29 is 14.3 Å².